The van der Waals surface area contributed by atoms with Crippen molar-refractivity contribution in [2.45, 2.75) is 6.10 Å². The van der Waals surface area contributed by atoms with Crippen molar-refractivity contribution in [1.29, 1.82) is 0 Å². The van der Waals surface area contributed by atoms with Gasteiger partial charge in [0.1, 0.15) is 15.3 Å². The summed E-state index contributed by atoms with van der Waals surface area (Å²) < 4.78 is 7.18. The van der Waals surface area contributed by atoms with Crippen LogP contribution in [0.3, 0.4) is 0 Å². The molecule has 1 aliphatic rings. The van der Waals surface area contributed by atoms with Crippen LogP contribution in [-0.4, -0.2) is 41.6 Å². The Morgan fingerprint density at radius 3 is 2.67 bits per heavy atom. The van der Waals surface area contributed by atoms with Gasteiger partial charge >= 0.3 is 0 Å². The molecule has 0 aliphatic carbocycles. The van der Waals surface area contributed by atoms with Crippen LogP contribution in [0.2, 0.25) is 0 Å². The van der Waals surface area contributed by atoms with E-state index < -0.39 is 0 Å². The molecule has 0 spiro atoms. The van der Waals surface area contributed by atoms with Crippen LogP contribution < -0.4 is 0 Å². The monoisotopic (exact) mass is 335 g/mol. The molecule has 1 atom stereocenters. The van der Waals surface area contributed by atoms with Gasteiger partial charge in [0.25, 0.3) is 0 Å². The second kappa shape index (κ2) is 4.86. The van der Waals surface area contributed by atoms with E-state index in [1.54, 1.807) is 0 Å². The highest BCUT2D eigenvalue weighted by Gasteiger charge is 2.22. The Morgan fingerprint density at radius 2 is 2.07 bits per heavy atom. The largest absolute Gasteiger partial charge is 0.368 e. The van der Waals surface area contributed by atoms with E-state index in [-0.39, 0.29) is 6.10 Å². The Bertz CT molecular complexity index is 341. The van der Waals surface area contributed by atoms with Gasteiger partial charge in [-0.05, 0) is 38.9 Å². The zero-order valence-corrected chi connectivity index (χ0v) is 11.5. The van der Waals surface area contributed by atoms with E-state index in [0.29, 0.717) is 0 Å². The Morgan fingerprint density at radius 1 is 1.40 bits per heavy atom. The number of hydrogen-bond acceptors (Lipinski definition) is 4. The molecule has 4 nitrogen and oxygen atoms in total. The van der Waals surface area contributed by atoms with E-state index in [1.165, 1.54) is 0 Å². The quantitative estimate of drug-likeness (QED) is 0.735. The molecule has 0 saturated carbocycles. The molecule has 1 unspecified atom stereocenters. The number of ether oxygens (including phenoxy) is 1. The van der Waals surface area contributed by atoms with Gasteiger partial charge in [-0.3, -0.25) is 0 Å². The van der Waals surface area contributed by atoms with E-state index in [0.717, 1.165) is 34.7 Å². The molecule has 0 amide bonds. The molecule has 0 radical (unpaired) electrons. The first-order valence-corrected chi connectivity index (χ1v) is 6.24. The summed E-state index contributed by atoms with van der Waals surface area (Å²) >= 11 is 6.69. The average molecular weight is 337 g/mol. The molecule has 2 rings (SSSR count). The van der Waals surface area contributed by atoms with Gasteiger partial charge < -0.3 is 9.64 Å². The van der Waals surface area contributed by atoms with Gasteiger partial charge in [0.15, 0.2) is 5.82 Å². The minimum absolute atomic E-state index is 0.0300. The van der Waals surface area contributed by atoms with Crippen molar-refractivity contribution in [2.24, 2.45) is 0 Å². The number of halogens is 2. The molecule has 0 aromatic carbocycles. The molecule has 1 aromatic heterocycles. The highest BCUT2D eigenvalue weighted by atomic mass is 79.9. The lowest BCUT2D eigenvalue weighted by molar-refractivity contribution is -0.0256. The lowest BCUT2D eigenvalue weighted by Gasteiger charge is -2.29. The normalized spacial score (nSPS) is 23.0. The predicted molar refractivity (Wildman–Crippen MR) is 63.6 cm³/mol. The van der Waals surface area contributed by atoms with E-state index in [1.807, 2.05) is 6.07 Å². The second-order valence-corrected chi connectivity index (χ2v) is 5.12. The van der Waals surface area contributed by atoms with Gasteiger partial charge in [-0.25, -0.2) is 9.97 Å². The Balaban J connectivity index is 2.20. The summed E-state index contributed by atoms with van der Waals surface area (Å²) in [6.07, 6.45) is -0.0300. The van der Waals surface area contributed by atoms with E-state index in [2.05, 4.69) is 53.8 Å². The van der Waals surface area contributed by atoms with Gasteiger partial charge in [0.05, 0.1) is 6.61 Å². The molecule has 1 aromatic rings. The van der Waals surface area contributed by atoms with Crippen molar-refractivity contribution < 1.29 is 4.74 Å². The molecule has 2 heterocycles. The minimum Gasteiger partial charge on any atom is -0.368 e. The summed E-state index contributed by atoms with van der Waals surface area (Å²) in [4.78, 5) is 10.8. The molecular formula is C9H11Br2N3O. The lowest BCUT2D eigenvalue weighted by atomic mass is 10.2. The van der Waals surface area contributed by atoms with Crippen LogP contribution in [0, 0.1) is 0 Å². The van der Waals surface area contributed by atoms with Crippen molar-refractivity contribution in [1.82, 2.24) is 14.9 Å². The zero-order chi connectivity index (χ0) is 10.8. The van der Waals surface area contributed by atoms with Crippen LogP contribution in [0.15, 0.2) is 15.3 Å². The van der Waals surface area contributed by atoms with Gasteiger partial charge in [0, 0.05) is 19.2 Å². The van der Waals surface area contributed by atoms with Crippen molar-refractivity contribution in [3.05, 3.63) is 21.1 Å². The summed E-state index contributed by atoms with van der Waals surface area (Å²) in [5.74, 6) is 0.725. The molecule has 0 bridgehead atoms. The van der Waals surface area contributed by atoms with Gasteiger partial charge in [0.2, 0.25) is 0 Å². The Hall–Kier alpha value is -0.0400. The minimum atomic E-state index is -0.0300. The van der Waals surface area contributed by atoms with Crippen molar-refractivity contribution >= 4 is 31.9 Å². The third kappa shape index (κ3) is 2.96. The average Bonchev–Trinajstić information content (AvgIpc) is 2.16. The molecule has 1 fully saturated rings. The molecule has 0 N–H and O–H groups in total. The van der Waals surface area contributed by atoms with E-state index in [9.17, 15) is 0 Å². The summed E-state index contributed by atoms with van der Waals surface area (Å²) in [6.45, 7) is 2.53. The van der Waals surface area contributed by atoms with Crippen LogP contribution in [0.5, 0.6) is 0 Å². The number of rotatable bonds is 1. The fourth-order valence-electron chi connectivity index (χ4n) is 1.48. The van der Waals surface area contributed by atoms with Gasteiger partial charge in [-0.2, -0.15) is 0 Å². The molecule has 15 heavy (non-hydrogen) atoms. The van der Waals surface area contributed by atoms with Crippen LogP contribution in [0.1, 0.15) is 11.9 Å². The van der Waals surface area contributed by atoms with Crippen LogP contribution in [-0.2, 0) is 4.74 Å². The fraction of sp³-hybridized carbons (Fsp3) is 0.556. The second-order valence-electron chi connectivity index (χ2n) is 3.49. The third-order valence-electron chi connectivity index (χ3n) is 2.24. The highest BCUT2D eigenvalue weighted by Crippen LogP contribution is 2.22. The summed E-state index contributed by atoms with van der Waals surface area (Å²) in [5.41, 5.74) is 0. The predicted octanol–water partition coefficient (Wildman–Crippen LogP) is 2.00. The summed E-state index contributed by atoms with van der Waals surface area (Å²) in [6, 6.07) is 1.82. The van der Waals surface area contributed by atoms with Crippen molar-refractivity contribution in [2.75, 3.05) is 26.7 Å². The topological polar surface area (TPSA) is 38.2 Å². The van der Waals surface area contributed by atoms with Crippen LogP contribution in [0.25, 0.3) is 0 Å². The first-order valence-electron chi connectivity index (χ1n) is 4.65. The van der Waals surface area contributed by atoms with Gasteiger partial charge in [-0.15, -0.1) is 0 Å². The number of hydrogen-bond donors (Lipinski definition) is 0. The molecular weight excluding hydrogens is 326 g/mol. The maximum atomic E-state index is 5.64. The first kappa shape index (κ1) is 11.4. The molecule has 1 aliphatic heterocycles. The molecule has 1 saturated heterocycles. The fourth-order valence-corrected chi connectivity index (χ4v) is 2.59. The maximum Gasteiger partial charge on any atom is 0.160 e. The van der Waals surface area contributed by atoms with Crippen LogP contribution in [0.4, 0.5) is 0 Å². The SMILES string of the molecule is CN1CCOC(c2nc(Br)cc(Br)n2)C1. The van der Waals surface area contributed by atoms with E-state index in [4.69, 9.17) is 4.74 Å². The standard InChI is InChI=1S/C9H11Br2N3O/c1-14-2-3-15-6(5-14)9-12-7(10)4-8(11)13-9/h4,6H,2-3,5H2,1H3. The number of likely N-dealkylation sites (N-methyl/N-ethyl adjacent to an activating group) is 1. The van der Waals surface area contributed by atoms with Crippen molar-refractivity contribution in [3.63, 3.8) is 0 Å². The maximum absolute atomic E-state index is 5.64. The highest BCUT2D eigenvalue weighted by molar-refractivity contribution is 9.11. The Kier molecular flexibility index (Phi) is 3.71. The molecule has 6 heteroatoms. The zero-order valence-electron chi connectivity index (χ0n) is 8.28. The van der Waals surface area contributed by atoms with Crippen LogP contribution >= 0.6 is 31.9 Å². The lowest BCUT2D eigenvalue weighted by Crippen LogP contribution is -2.36. The summed E-state index contributed by atoms with van der Waals surface area (Å²) in [7, 11) is 2.07. The third-order valence-corrected chi connectivity index (χ3v) is 3.05. The first-order chi connectivity index (χ1) is 7.15. The smallest absolute Gasteiger partial charge is 0.160 e. The number of nitrogens with zero attached hydrogens (tertiary/aromatic N) is 3. The Labute approximate surface area is 105 Å². The number of aromatic nitrogens is 2. The summed E-state index contributed by atoms with van der Waals surface area (Å²) in [5, 5.41) is 0. The van der Waals surface area contributed by atoms with E-state index >= 15 is 0 Å². The molecule has 82 valence electrons. The number of morpholine rings is 1. The van der Waals surface area contributed by atoms with Crippen molar-refractivity contribution in [3.8, 4) is 0 Å². The van der Waals surface area contributed by atoms with Gasteiger partial charge in [-0.1, -0.05) is 0 Å².